The van der Waals surface area contributed by atoms with E-state index in [9.17, 15) is 14.7 Å². The molecule has 3 aromatic rings. The average molecular weight is 499 g/mol. The largest absolute Gasteiger partial charge is 0.502 e. The summed E-state index contributed by atoms with van der Waals surface area (Å²) in [5, 5.41) is 13.0. The first-order valence-electron chi connectivity index (χ1n) is 12.5. The second-order valence-electron chi connectivity index (χ2n) is 9.72. The minimum Gasteiger partial charge on any atom is -0.502 e. The smallest absolute Gasteiger partial charge is 0.293 e. The van der Waals surface area contributed by atoms with Crippen LogP contribution in [0.2, 0.25) is 0 Å². The van der Waals surface area contributed by atoms with Gasteiger partial charge in [0.15, 0.2) is 0 Å². The van der Waals surface area contributed by atoms with Crippen LogP contribution in [0.3, 0.4) is 0 Å². The second kappa shape index (κ2) is 11.0. The van der Waals surface area contributed by atoms with E-state index < -0.39 is 11.3 Å². The second-order valence-corrected chi connectivity index (χ2v) is 9.72. The van der Waals surface area contributed by atoms with Crippen molar-refractivity contribution in [3.05, 3.63) is 93.2 Å². The molecule has 0 radical (unpaired) electrons. The fourth-order valence-electron chi connectivity index (χ4n) is 4.99. The monoisotopic (exact) mass is 498 g/mol. The van der Waals surface area contributed by atoms with E-state index in [-0.39, 0.29) is 24.1 Å². The number of carbonyl (C=O) groups is 1. The first-order chi connectivity index (χ1) is 17.9. The van der Waals surface area contributed by atoms with Gasteiger partial charge in [-0.25, -0.2) is 4.98 Å². The fraction of sp³-hybridized carbons (Fsp3) is 0.345. The van der Waals surface area contributed by atoms with Crippen molar-refractivity contribution in [3.8, 4) is 17.6 Å². The Hall–Kier alpha value is -3.93. The van der Waals surface area contributed by atoms with Crippen LogP contribution in [0.4, 0.5) is 0 Å². The highest BCUT2D eigenvalue weighted by Crippen LogP contribution is 2.29. The zero-order valence-corrected chi connectivity index (χ0v) is 20.7. The number of aromatic hydroxyl groups is 1. The van der Waals surface area contributed by atoms with Crippen LogP contribution < -0.4 is 10.9 Å². The van der Waals surface area contributed by atoms with Crippen LogP contribution in [-0.4, -0.2) is 57.7 Å². The first kappa shape index (κ1) is 24.8. The zero-order valence-electron chi connectivity index (χ0n) is 20.7. The van der Waals surface area contributed by atoms with Gasteiger partial charge in [-0.05, 0) is 48.2 Å². The number of likely N-dealkylation sites (tertiary alicyclic amines) is 1. The third-order valence-corrected chi connectivity index (χ3v) is 6.98. The molecule has 5 rings (SSSR count). The third kappa shape index (κ3) is 6.08. The van der Waals surface area contributed by atoms with Gasteiger partial charge in [-0.1, -0.05) is 36.1 Å². The molecule has 3 heterocycles. The number of benzene rings is 2. The topological polar surface area (TPSA) is 108 Å². The van der Waals surface area contributed by atoms with Crippen molar-refractivity contribution >= 4 is 5.91 Å². The number of carbonyl (C=O) groups excluding carboxylic acids is 1. The lowest BCUT2D eigenvalue weighted by Gasteiger charge is -2.26. The number of aromatic nitrogens is 2. The molecule has 3 atom stereocenters. The van der Waals surface area contributed by atoms with Crippen LogP contribution in [0, 0.1) is 11.8 Å². The number of ether oxygens (including phenoxy) is 1. The van der Waals surface area contributed by atoms with E-state index in [1.54, 1.807) is 0 Å². The van der Waals surface area contributed by atoms with Gasteiger partial charge in [0.1, 0.15) is 0 Å². The van der Waals surface area contributed by atoms with Crippen LogP contribution >= 0.6 is 0 Å². The number of hydrogen-bond acceptors (Lipinski definition) is 6. The summed E-state index contributed by atoms with van der Waals surface area (Å²) in [5.41, 5.74) is 3.77. The van der Waals surface area contributed by atoms with E-state index in [0.29, 0.717) is 18.6 Å². The van der Waals surface area contributed by atoms with E-state index in [1.165, 1.54) is 18.8 Å². The molecule has 2 saturated heterocycles. The Kier molecular flexibility index (Phi) is 7.35. The normalized spacial score (nSPS) is 19.3. The first-order valence-corrected chi connectivity index (χ1v) is 12.5. The fourth-order valence-corrected chi connectivity index (χ4v) is 4.99. The summed E-state index contributed by atoms with van der Waals surface area (Å²) in [6, 6.07) is 16.8. The van der Waals surface area contributed by atoms with Crippen molar-refractivity contribution in [1.29, 1.82) is 0 Å². The lowest BCUT2D eigenvalue weighted by atomic mass is 9.94. The van der Waals surface area contributed by atoms with Gasteiger partial charge in [-0.3, -0.25) is 14.5 Å². The molecule has 37 heavy (non-hydrogen) atoms. The summed E-state index contributed by atoms with van der Waals surface area (Å²) in [6.45, 7) is 4.51. The molecule has 0 aliphatic carbocycles. The number of fused-ring (bicyclic) bond motifs is 2. The van der Waals surface area contributed by atoms with Gasteiger partial charge in [-0.2, -0.15) is 0 Å². The average Bonchev–Trinajstić information content (AvgIpc) is 3.52. The highest BCUT2D eigenvalue weighted by atomic mass is 16.5. The third-order valence-electron chi connectivity index (χ3n) is 6.98. The summed E-state index contributed by atoms with van der Waals surface area (Å²) in [4.78, 5) is 32.3. The summed E-state index contributed by atoms with van der Waals surface area (Å²) in [6.07, 6.45) is 3.32. The summed E-state index contributed by atoms with van der Waals surface area (Å²) >= 11 is 0. The van der Waals surface area contributed by atoms with Crippen LogP contribution in [0.15, 0.2) is 59.7 Å². The maximum absolute atomic E-state index is 11.8. The summed E-state index contributed by atoms with van der Waals surface area (Å²) in [5.74, 6) is 5.47. The molecule has 3 N–H and O–H groups in total. The quantitative estimate of drug-likeness (QED) is 0.432. The van der Waals surface area contributed by atoms with Crippen molar-refractivity contribution < 1.29 is 14.6 Å². The molecule has 2 fully saturated rings. The maximum Gasteiger partial charge on any atom is 0.293 e. The molecule has 2 bridgehead atoms. The molecule has 1 amide bonds. The predicted octanol–water partition coefficient (Wildman–Crippen LogP) is 2.31. The number of morpholine rings is 1. The van der Waals surface area contributed by atoms with Crippen LogP contribution in [-0.2, 0) is 22.5 Å². The van der Waals surface area contributed by atoms with E-state index in [4.69, 9.17) is 4.74 Å². The van der Waals surface area contributed by atoms with Crippen LogP contribution in [0.5, 0.6) is 5.75 Å². The van der Waals surface area contributed by atoms with Crippen LogP contribution in [0.1, 0.15) is 47.2 Å². The number of rotatable bonds is 7. The molecule has 2 aliphatic heterocycles. The van der Waals surface area contributed by atoms with Gasteiger partial charge in [0.2, 0.25) is 11.7 Å². The number of amides is 1. The van der Waals surface area contributed by atoms with Crippen LogP contribution in [0.25, 0.3) is 0 Å². The Morgan fingerprint density at radius 3 is 2.43 bits per heavy atom. The highest BCUT2D eigenvalue weighted by molar-refractivity contribution is 5.72. The van der Waals surface area contributed by atoms with E-state index in [2.05, 4.69) is 56.3 Å². The van der Waals surface area contributed by atoms with Crippen molar-refractivity contribution in [2.75, 3.05) is 19.7 Å². The Morgan fingerprint density at radius 1 is 1.16 bits per heavy atom. The maximum atomic E-state index is 11.8. The molecule has 8 nitrogen and oxygen atoms in total. The number of aromatic amines is 1. The molecule has 1 aromatic heterocycles. The van der Waals surface area contributed by atoms with Gasteiger partial charge in [0.05, 0.1) is 24.7 Å². The Morgan fingerprint density at radius 2 is 1.84 bits per heavy atom. The van der Waals surface area contributed by atoms with Crippen molar-refractivity contribution in [1.82, 2.24) is 20.2 Å². The molecule has 2 aliphatic rings. The SMILES string of the molecule is CC(=O)NCC(Cc1ccc(C#Cc2ccc(CN3C[C@H]4C[C@@H]3CO4)cc2)cc1)c1nc[nH]c(=O)c1O. The van der Waals surface area contributed by atoms with Gasteiger partial charge >= 0.3 is 0 Å². The van der Waals surface area contributed by atoms with Crippen molar-refractivity contribution in [3.63, 3.8) is 0 Å². The molecule has 190 valence electrons. The Bertz CT molecular complexity index is 1370. The molecule has 0 saturated carbocycles. The van der Waals surface area contributed by atoms with Gasteiger partial charge < -0.3 is 20.1 Å². The number of hydrogen-bond donors (Lipinski definition) is 3. The molecule has 2 aromatic carbocycles. The van der Waals surface area contributed by atoms with E-state index in [0.717, 1.165) is 42.8 Å². The van der Waals surface area contributed by atoms with E-state index >= 15 is 0 Å². The zero-order chi connectivity index (χ0) is 25.8. The minimum atomic E-state index is -0.603. The van der Waals surface area contributed by atoms with Crippen molar-refractivity contribution in [2.45, 2.75) is 44.4 Å². The number of H-pyrrole nitrogens is 1. The molecule has 1 unspecified atom stereocenters. The molecular formula is C29H30N4O4. The lowest BCUT2D eigenvalue weighted by molar-refractivity contribution is -0.119. The number of nitrogens with zero attached hydrogens (tertiary/aromatic N) is 2. The van der Waals surface area contributed by atoms with Crippen molar-refractivity contribution in [2.24, 2.45) is 0 Å². The minimum absolute atomic E-state index is 0.189. The van der Waals surface area contributed by atoms with Gasteiger partial charge in [0.25, 0.3) is 5.56 Å². The highest BCUT2D eigenvalue weighted by Gasteiger charge is 2.38. The lowest BCUT2D eigenvalue weighted by Crippen LogP contribution is -2.36. The Balaban J connectivity index is 1.22. The number of nitrogens with one attached hydrogen (secondary N) is 2. The van der Waals surface area contributed by atoms with E-state index in [1.807, 2.05) is 24.3 Å². The molecule has 8 heteroatoms. The predicted molar refractivity (Wildman–Crippen MR) is 139 cm³/mol. The van der Waals surface area contributed by atoms with Gasteiger partial charge in [0, 0.05) is 49.6 Å². The summed E-state index contributed by atoms with van der Waals surface area (Å²) in [7, 11) is 0. The Labute approximate surface area is 215 Å². The standard InChI is InChI=1S/C29H30N4O4/c1-19(34)30-14-24(27-28(35)29(36)32-18-31-27)12-22-8-4-20(5-9-22)2-3-21-6-10-23(11-7-21)15-33-16-26-13-25(33)17-37-26/h4-11,18,24-26,35H,12-17H2,1H3,(H,30,34)(H,31,32,36)/t24?,25-,26-/m1/s1. The molecular weight excluding hydrogens is 468 g/mol. The summed E-state index contributed by atoms with van der Waals surface area (Å²) < 4.78 is 5.69. The molecule has 0 spiro atoms. The van der Waals surface area contributed by atoms with Gasteiger partial charge in [-0.15, -0.1) is 0 Å².